The molecule has 4 aliphatic rings. The second kappa shape index (κ2) is 6.54. The second-order valence-electron chi connectivity index (χ2n) is 9.69. The number of hydrogen-bond donors (Lipinski definition) is 2. The van der Waals surface area contributed by atoms with Crippen molar-refractivity contribution in [1.82, 2.24) is 5.32 Å². The molecule has 0 radical (unpaired) electrons. The predicted molar refractivity (Wildman–Crippen MR) is 97.8 cm³/mol. The van der Waals surface area contributed by atoms with Crippen molar-refractivity contribution in [3.63, 3.8) is 0 Å². The lowest BCUT2D eigenvalue weighted by atomic mass is 9.43. The molecule has 2 bridgehead atoms. The van der Waals surface area contributed by atoms with Crippen molar-refractivity contribution in [3.05, 3.63) is 0 Å². The van der Waals surface area contributed by atoms with Crippen LogP contribution in [0.15, 0.2) is 0 Å². The number of amides is 1. The van der Waals surface area contributed by atoms with Crippen molar-refractivity contribution < 1.29 is 19.2 Å². The van der Waals surface area contributed by atoms with E-state index in [4.69, 9.17) is 9.31 Å². The Hall–Kier alpha value is -0.585. The van der Waals surface area contributed by atoms with Crippen LogP contribution in [0.25, 0.3) is 0 Å². The van der Waals surface area contributed by atoms with Crippen molar-refractivity contribution in [3.8, 4) is 0 Å². The van der Waals surface area contributed by atoms with Gasteiger partial charge in [0.05, 0.1) is 30.2 Å². The zero-order valence-electron chi connectivity index (χ0n) is 16.5. The summed E-state index contributed by atoms with van der Waals surface area (Å²) in [4.78, 5) is 12.2. The van der Waals surface area contributed by atoms with E-state index in [0.717, 1.165) is 12.8 Å². The Balaban J connectivity index is 1.71. The number of aliphatic hydroxyl groups is 1. The summed E-state index contributed by atoms with van der Waals surface area (Å²) in [5, 5.41) is 12.5. The highest BCUT2D eigenvalue weighted by atomic mass is 16.7. The lowest BCUT2D eigenvalue weighted by molar-refractivity contribution is -0.199. The van der Waals surface area contributed by atoms with Crippen LogP contribution in [-0.4, -0.2) is 41.9 Å². The van der Waals surface area contributed by atoms with Crippen LogP contribution in [0, 0.1) is 23.2 Å². The maximum atomic E-state index is 12.2. The van der Waals surface area contributed by atoms with Crippen LogP contribution in [0.5, 0.6) is 0 Å². The molecule has 1 unspecified atom stereocenters. The van der Waals surface area contributed by atoms with Gasteiger partial charge in [-0.25, -0.2) is 0 Å². The standard InChI is InChI=1S/C19H34BNO4/c1-11(2)7-16(21-17(23)8-12(3)22)20-24-15-10-13-9-14(18(13,4)5)19(15,6)25-20/h11-16,22H,7-10H2,1-6H3,(H,21,23)/t12?,13-,14-,15+,16-,19-/m0/s1. The number of rotatable bonds is 6. The SMILES string of the molecule is CC(C)C[C@H](NC(=O)CC(C)O)B1O[C@@H]2C[C@@H]3C[C@@H](C3(C)C)[C@]2(C)O1. The van der Waals surface area contributed by atoms with Crippen LogP contribution in [0.1, 0.15) is 67.2 Å². The molecule has 3 saturated carbocycles. The highest BCUT2D eigenvalue weighted by Gasteiger charge is 2.68. The van der Waals surface area contributed by atoms with Crippen LogP contribution in [0.4, 0.5) is 0 Å². The Kier molecular flexibility index (Phi) is 5.02. The summed E-state index contributed by atoms with van der Waals surface area (Å²) in [5.41, 5.74) is 0.0553. The molecule has 0 aromatic rings. The summed E-state index contributed by atoms with van der Waals surface area (Å²) in [6, 6.07) is 0. The number of aliphatic hydroxyl groups excluding tert-OH is 1. The van der Waals surface area contributed by atoms with Gasteiger partial charge in [-0.15, -0.1) is 0 Å². The molecule has 2 N–H and O–H groups in total. The summed E-state index contributed by atoms with van der Waals surface area (Å²) in [6.45, 7) is 12.8. The largest absolute Gasteiger partial charge is 0.481 e. The van der Waals surface area contributed by atoms with Gasteiger partial charge in [-0.3, -0.25) is 4.79 Å². The maximum Gasteiger partial charge on any atom is 0.481 e. The quantitative estimate of drug-likeness (QED) is 0.722. The molecule has 5 nitrogen and oxygen atoms in total. The van der Waals surface area contributed by atoms with E-state index in [-0.39, 0.29) is 30.0 Å². The first-order chi connectivity index (χ1) is 11.5. The maximum absolute atomic E-state index is 12.2. The molecular formula is C19H34BNO4. The first-order valence-electron chi connectivity index (χ1n) is 9.84. The van der Waals surface area contributed by atoms with E-state index in [0.29, 0.717) is 23.2 Å². The minimum Gasteiger partial charge on any atom is -0.404 e. The van der Waals surface area contributed by atoms with Gasteiger partial charge in [0.25, 0.3) is 0 Å². The Morgan fingerprint density at radius 2 is 1.96 bits per heavy atom. The van der Waals surface area contributed by atoms with Gasteiger partial charge in [0.1, 0.15) is 0 Å². The molecule has 1 amide bonds. The van der Waals surface area contributed by atoms with Gasteiger partial charge in [-0.05, 0) is 56.3 Å². The van der Waals surface area contributed by atoms with Gasteiger partial charge in [-0.1, -0.05) is 27.7 Å². The molecule has 0 spiro atoms. The van der Waals surface area contributed by atoms with E-state index in [9.17, 15) is 9.90 Å². The second-order valence-corrected chi connectivity index (χ2v) is 9.69. The van der Waals surface area contributed by atoms with Crippen molar-refractivity contribution in [2.45, 2.75) is 91.0 Å². The molecule has 6 atom stereocenters. The molecule has 25 heavy (non-hydrogen) atoms. The molecule has 1 heterocycles. The molecule has 0 aromatic carbocycles. The molecule has 0 aromatic heterocycles. The predicted octanol–water partition coefficient (Wildman–Crippen LogP) is 2.56. The van der Waals surface area contributed by atoms with Crippen molar-refractivity contribution >= 4 is 13.0 Å². The molecular weight excluding hydrogens is 317 g/mol. The van der Waals surface area contributed by atoms with Crippen LogP contribution < -0.4 is 5.32 Å². The summed E-state index contributed by atoms with van der Waals surface area (Å²) in [7, 11) is -0.398. The third-order valence-electron chi connectivity index (χ3n) is 6.85. The lowest BCUT2D eigenvalue weighted by Crippen LogP contribution is -2.65. The number of hydrogen-bond acceptors (Lipinski definition) is 4. The van der Waals surface area contributed by atoms with Crippen LogP contribution >= 0.6 is 0 Å². The highest BCUT2D eigenvalue weighted by Crippen LogP contribution is 2.65. The minimum atomic E-state index is -0.641. The molecule has 4 rings (SSSR count). The van der Waals surface area contributed by atoms with Gasteiger partial charge in [-0.2, -0.15) is 0 Å². The average molecular weight is 351 g/mol. The van der Waals surface area contributed by atoms with Gasteiger partial charge in [0, 0.05) is 0 Å². The fraction of sp³-hybridized carbons (Fsp3) is 0.947. The minimum absolute atomic E-state index is 0.111. The summed E-state index contributed by atoms with van der Waals surface area (Å²) in [6.07, 6.45) is 2.66. The molecule has 3 aliphatic carbocycles. The van der Waals surface area contributed by atoms with E-state index in [1.165, 1.54) is 6.42 Å². The summed E-state index contributed by atoms with van der Waals surface area (Å²) >= 11 is 0. The number of carbonyl (C=O) groups is 1. The van der Waals surface area contributed by atoms with Gasteiger partial charge < -0.3 is 19.7 Å². The monoisotopic (exact) mass is 351 g/mol. The Morgan fingerprint density at radius 1 is 1.28 bits per heavy atom. The summed E-state index contributed by atoms with van der Waals surface area (Å²) < 4.78 is 12.8. The zero-order valence-corrected chi connectivity index (χ0v) is 16.5. The first-order valence-corrected chi connectivity index (χ1v) is 9.84. The Bertz CT molecular complexity index is 524. The van der Waals surface area contributed by atoms with Gasteiger partial charge >= 0.3 is 7.12 Å². The van der Waals surface area contributed by atoms with E-state index in [1.54, 1.807) is 6.92 Å². The third-order valence-corrected chi connectivity index (χ3v) is 6.85. The molecule has 4 fully saturated rings. The Labute approximate surface area is 152 Å². The van der Waals surface area contributed by atoms with Crippen molar-refractivity contribution in [2.24, 2.45) is 23.2 Å². The van der Waals surface area contributed by atoms with Crippen molar-refractivity contribution in [1.29, 1.82) is 0 Å². The number of nitrogens with one attached hydrogen (secondary N) is 1. The van der Waals surface area contributed by atoms with Crippen LogP contribution in [-0.2, 0) is 14.1 Å². The van der Waals surface area contributed by atoms with E-state index in [2.05, 4.69) is 39.9 Å². The average Bonchev–Trinajstić information content (AvgIpc) is 2.81. The molecule has 6 heteroatoms. The molecule has 1 aliphatic heterocycles. The molecule has 1 saturated heterocycles. The normalized spacial score (nSPS) is 38.1. The van der Waals surface area contributed by atoms with E-state index >= 15 is 0 Å². The highest BCUT2D eigenvalue weighted by molar-refractivity contribution is 6.47. The first kappa shape index (κ1) is 19.2. The van der Waals surface area contributed by atoms with Crippen LogP contribution in [0.2, 0.25) is 0 Å². The zero-order chi connectivity index (χ0) is 18.6. The van der Waals surface area contributed by atoms with E-state index < -0.39 is 13.2 Å². The van der Waals surface area contributed by atoms with E-state index in [1.807, 2.05) is 0 Å². The fourth-order valence-electron chi connectivity index (χ4n) is 5.35. The smallest absolute Gasteiger partial charge is 0.404 e. The fourth-order valence-corrected chi connectivity index (χ4v) is 5.35. The summed E-state index contributed by atoms with van der Waals surface area (Å²) in [5.74, 6) is 1.34. The Morgan fingerprint density at radius 3 is 2.52 bits per heavy atom. The third kappa shape index (κ3) is 3.37. The molecule has 142 valence electrons. The lowest BCUT2D eigenvalue weighted by Gasteiger charge is -2.64. The topological polar surface area (TPSA) is 67.8 Å². The van der Waals surface area contributed by atoms with Crippen LogP contribution in [0.3, 0.4) is 0 Å². The number of carbonyl (C=O) groups excluding carboxylic acids is 1. The van der Waals surface area contributed by atoms with Gasteiger partial charge in [0.2, 0.25) is 5.91 Å². The van der Waals surface area contributed by atoms with Gasteiger partial charge in [0.15, 0.2) is 0 Å². The van der Waals surface area contributed by atoms with Crippen molar-refractivity contribution in [2.75, 3.05) is 0 Å².